The van der Waals surface area contributed by atoms with Gasteiger partial charge in [-0.2, -0.15) is 0 Å². The number of carbonyl (C=O) groups is 1. The Hall–Kier alpha value is -2.73. The van der Waals surface area contributed by atoms with Gasteiger partial charge in [0.05, 0.1) is 21.3 Å². The summed E-state index contributed by atoms with van der Waals surface area (Å²) < 4.78 is 29.7. The van der Waals surface area contributed by atoms with Gasteiger partial charge < -0.3 is 19.1 Å². The minimum absolute atomic E-state index is 0.0595. The summed E-state index contributed by atoms with van der Waals surface area (Å²) in [7, 11) is 6.12. The third-order valence-electron chi connectivity index (χ3n) is 3.94. The number of nitrogens with zero attached hydrogens (tertiary/aromatic N) is 1. The lowest BCUT2D eigenvalue weighted by atomic mass is 10.1. The molecule has 144 valence electrons. The van der Waals surface area contributed by atoms with Gasteiger partial charge in [-0.1, -0.05) is 17.7 Å². The molecule has 1 amide bonds. The Morgan fingerprint density at radius 1 is 1.15 bits per heavy atom. The molecule has 0 aliphatic heterocycles. The molecule has 2 aromatic carbocycles. The minimum atomic E-state index is -0.448. The van der Waals surface area contributed by atoms with Gasteiger partial charge in [-0.15, -0.1) is 0 Å². The van der Waals surface area contributed by atoms with E-state index in [1.807, 2.05) is 0 Å². The monoisotopic (exact) mass is 393 g/mol. The van der Waals surface area contributed by atoms with Crippen molar-refractivity contribution in [3.05, 3.63) is 58.4 Å². The second-order valence-electron chi connectivity index (χ2n) is 5.69. The highest BCUT2D eigenvalue weighted by atomic mass is 35.5. The Kier molecular flexibility index (Phi) is 7.07. The molecule has 0 fully saturated rings. The van der Waals surface area contributed by atoms with Crippen molar-refractivity contribution < 1.29 is 23.4 Å². The molecule has 2 aromatic rings. The number of hydrogen-bond acceptors (Lipinski definition) is 4. The van der Waals surface area contributed by atoms with Gasteiger partial charge in [0.2, 0.25) is 11.7 Å². The maximum Gasteiger partial charge on any atom is 0.246 e. The van der Waals surface area contributed by atoms with Crippen molar-refractivity contribution in [1.82, 2.24) is 4.90 Å². The van der Waals surface area contributed by atoms with Crippen molar-refractivity contribution in [2.45, 2.75) is 6.54 Å². The van der Waals surface area contributed by atoms with Crippen LogP contribution in [0.2, 0.25) is 5.02 Å². The molecule has 0 aliphatic carbocycles. The summed E-state index contributed by atoms with van der Waals surface area (Å²) in [5.74, 6) is 0.680. The zero-order valence-electron chi connectivity index (χ0n) is 15.6. The molecule has 5 nitrogen and oxygen atoms in total. The molecule has 0 spiro atoms. The number of rotatable bonds is 7. The Morgan fingerprint density at radius 2 is 1.78 bits per heavy atom. The Bertz CT molecular complexity index is 809. The number of likely N-dealkylation sites (N-methyl/N-ethyl adjacent to an activating group) is 1. The number of methoxy groups -OCH3 is 3. The van der Waals surface area contributed by atoms with E-state index in [1.165, 1.54) is 44.4 Å². The first-order valence-corrected chi connectivity index (χ1v) is 8.45. The van der Waals surface area contributed by atoms with E-state index in [0.29, 0.717) is 22.8 Å². The molecule has 0 aromatic heterocycles. The predicted octanol–water partition coefficient (Wildman–Crippen LogP) is 4.18. The average Bonchev–Trinajstić information content (AvgIpc) is 2.67. The molecule has 7 heteroatoms. The summed E-state index contributed by atoms with van der Waals surface area (Å²) in [5, 5.41) is 0.281. The molecule has 27 heavy (non-hydrogen) atoms. The molecule has 2 rings (SSSR count). The maximum absolute atomic E-state index is 13.9. The first-order chi connectivity index (χ1) is 12.9. The standard InChI is InChI=1S/C20H21ClFNO4/c1-23(12-14-15(21)6-5-7-16(14)22)19(24)9-8-13-10-17(25-2)20(27-4)18(11-13)26-3/h5-11H,12H2,1-4H3/b9-8+. The molecule has 0 saturated heterocycles. The van der Waals surface area contributed by atoms with E-state index in [9.17, 15) is 9.18 Å². The fraction of sp³-hybridized carbons (Fsp3) is 0.250. The second kappa shape index (κ2) is 9.28. The van der Waals surface area contributed by atoms with Gasteiger partial charge in [0.25, 0.3) is 0 Å². The van der Waals surface area contributed by atoms with Crippen LogP contribution in [0.4, 0.5) is 4.39 Å². The van der Waals surface area contributed by atoms with Crippen molar-refractivity contribution in [2.75, 3.05) is 28.4 Å². The van der Waals surface area contributed by atoms with Crippen LogP contribution in [0, 0.1) is 5.82 Å². The molecule has 0 bridgehead atoms. The minimum Gasteiger partial charge on any atom is -0.493 e. The smallest absolute Gasteiger partial charge is 0.246 e. The number of ether oxygens (including phenoxy) is 3. The van der Waals surface area contributed by atoms with Gasteiger partial charge in [-0.3, -0.25) is 4.79 Å². The quantitative estimate of drug-likeness (QED) is 0.662. The normalized spacial score (nSPS) is 10.7. The van der Waals surface area contributed by atoms with Crippen LogP contribution in [0.25, 0.3) is 6.08 Å². The van der Waals surface area contributed by atoms with Crippen molar-refractivity contribution in [2.24, 2.45) is 0 Å². The molecule has 0 N–H and O–H groups in total. The average molecular weight is 394 g/mol. The molecular formula is C20H21ClFNO4. The summed E-state index contributed by atoms with van der Waals surface area (Å²) in [6, 6.07) is 7.86. The summed E-state index contributed by atoms with van der Waals surface area (Å²) >= 11 is 6.01. The summed E-state index contributed by atoms with van der Waals surface area (Å²) in [4.78, 5) is 13.7. The van der Waals surface area contributed by atoms with E-state index >= 15 is 0 Å². The van der Waals surface area contributed by atoms with E-state index in [0.717, 1.165) is 0 Å². The molecule has 0 unspecified atom stereocenters. The number of amides is 1. The van der Waals surface area contributed by atoms with E-state index in [4.69, 9.17) is 25.8 Å². The summed E-state index contributed by atoms with van der Waals surface area (Å²) in [5.41, 5.74) is 0.964. The van der Waals surface area contributed by atoms with Crippen LogP contribution in [0.15, 0.2) is 36.4 Å². The third kappa shape index (κ3) is 4.92. The van der Waals surface area contributed by atoms with E-state index < -0.39 is 5.82 Å². The number of carbonyl (C=O) groups excluding carboxylic acids is 1. The maximum atomic E-state index is 13.9. The molecule has 0 heterocycles. The lowest BCUT2D eigenvalue weighted by molar-refractivity contribution is -0.125. The Balaban J connectivity index is 2.18. The predicted molar refractivity (Wildman–Crippen MR) is 103 cm³/mol. The number of halogens is 2. The van der Waals surface area contributed by atoms with E-state index in [-0.39, 0.29) is 23.0 Å². The molecule has 0 radical (unpaired) electrons. The van der Waals surface area contributed by atoms with Crippen LogP contribution in [0.3, 0.4) is 0 Å². The summed E-state index contributed by atoms with van der Waals surface area (Å²) in [6.45, 7) is 0.0595. The van der Waals surface area contributed by atoms with Gasteiger partial charge in [0, 0.05) is 30.3 Å². The highest BCUT2D eigenvalue weighted by Gasteiger charge is 2.14. The second-order valence-corrected chi connectivity index (χ2v) is 6.09. The van der Waals surface area contributed by atoms with Gasteiger partial charge in [-0.25, -0.2) is 4.39 Å². The summed E-state index contributed by atoms with van der Waals surface area (Å²) in [6.07, 6.45) is 3.00. The zero-order valence-corrected chi connectivity index (χ0v) is 16.3. The van der Waals surface area contributed by atoms with Gasteiger partial charge in [0.15, 0.2) is 11.5 Å². The Morgan fingerprint density at radius 3 is 2.30 bits per heavy atom. The number of hydrogen-bond donors (Lipinski definition) is 0. The fourth-order valence-corrected chi connectivity index (χ4v) is 2.71. The first kappa shape index (κ1) is 20.6. The third-order valence-corrected chi connectivity index (χ3v) is 4.29. The lowest BCUT2D eigenvalue weighted by Gasteiger charge is -2.17. The van der Waals surface area contributed by atoms with Crippen LogP contribution >= 0.6 is 11.6 Å². The van der Waals surface area contributed by atoms with Crippen LogP contribution in [-0.2, 0) is 11.3 Å². The van der Waals surface area contributed by atoms with E-state index in [2.05, 4.69) is 0 Å². The SMILES string of the molecule is COc1cc(/C=C/C(=O)N(C)Cc2c(F)cccc2Cl)cc(OC)c1OC. The van der Waals surface area contributed by atoms with Gasteiger partial charge in [0.1, 0.15) is 5.82 Å². The van der Waals surface area contributed by atoms with Crippen LogP contribution in [-0.4, -0.2) is 39.2 Å². The van der Waals surface area contributed by atoms with Crippen LogP contribution in [0.5, 0.6) is 17.2 Å². The van der Waals surface area contributed by atoms with Crippen molar-refractivity contribution >= 4 is 23.6 Å². The van der Waals surface area contributed by atoms with Crippen molar-refractivity contribution in [3.8, 4) is 17.2 Å². The molecule has 0 saturated carbocycles. The van der Waals surface area contributed by atoms with Crippen LogP contribution in [0.1, 0.15) is 11.1 Å². The highest BCUT2D eigenvalue weighted by Crippen LogP contribution is 2.38. The van der Waals surface area contributed by atoms with Crippen molar-refractivity contribution in [1.29, 1.82) is 0 Å². The highest BCUT2D eigenvalue weighted by molar-refractivity contribution is 6.31. The molecular weight excluding hydrogens is 373 g/mol. The molecule has 0 atom stereocenters. The van der Waals surface area contributed by atoms with E-state index in [1.54, 1.807) is 31.3 Å². The zero-order chi connectivity index (χ0) is 20.0. The largest absolute Gasteiger partial charge is 0.493 e. The number of benzene rings is 2. The first-order valence-electron chi connectivity index (χ1n) is 8.07. The Labute approximate surface area is 162 Å². The topological polar surface area (TPSA) is 48.0 Å². The van der Waals surface area contributed by atoms with Crippen molar-refractivity contribution in [3.63, 3.8) is 0 Å². The van der Waals surface area contributed by atoms with Gasteiger partial charge >= 0.3 is 0 Å². The van der Waals surface area contributed by atoms with Gasteiger partial charge in [-0.05, 0) is 35.9 Å². The van der Waals surface area contributed by atoms with Crippen LogP contribution < -0.4 is 14.2 Å². The molecule has 0 aliphatic rings. The fourth-order valence-electron chi connectivity index (χ4n) is 2.49. The lowest BCUT2D eigenvalue weighted by Crippen LogP contribution is -2.24.